The second-order valence-electron chi connectivity index (χ2n) is 7.70. The lowest BCUT2D eigenvalue weighted by Gasteiger charge is -2.19. The van der Waals surface area contributed by atoms with Gasteiger partial charge in [0.1, 0.15) is 0 Å². The molecule has 0 radical (unpaired) electrons. The van der Waals surface area contributed by atoms with Crippen LogP contribution in [0.25, 0.3) is 0 Å². The fourth-order valence-corrected chi connectivity index (χ4v) is 3.15. The fraction of sp³-hybridized carbons (Fsp3) is 0.870. The second kappa shape index (κ2) is 19.9. The molecule has 0 aromatic rings. The van der Waals surface area contributed by atoms with E-state index in [1.54, 1.807) is 6.08 Å². The fourth-order valence-electron chi connectivity index (χ4n) is 3.15. The van der Waals surface area contributed by atoms with Gasteiger partial charge in [0.2, 0.25) is 5.91 Å². The van der Waals surface area contributed by atoms with Crippen LogP contribution in [0.4, 0.5) is 0 Å². The summed E-state index contributed by atoms with van der Waals surface area (Å²) in [5.41, 5.74) is 0. The molecule has 0 aliphatic heterocycles. The van der Waals surface area contributed by atoms with E-state index in [4.69, 9.17) is 0 Å². The quantitative estimate of drug-likeness (QED) is 0.210. The molecule has 0 aliphatic carbocycles. The standard InChI is InChI=1S/C23H45NO3/c1-3-5-7-8-9-10-11-12-13-14-15-16-17-18-22(26)21(20-25)24-23(27)19-6-4-2/h17-18,21-22,25-26H,3-16,19-20H2,1-2H3,(H,24,27)/b18-17+. The minimum Gasteiger partial charge on any atom is -0.394 e. The van der Waals surface area contributed by atoms with Crippen molar-refractivity contribution in [1.82, 2.24) is 5.32 Å². The maximum atomic E-state index is 11.7. The first-order chi connectivity index (χ1) is 13.2. The predicted molar refractivity (Wildman–Crippen MR) is 115 cm³/mol. The lowest BCUT2D eigenvalue weighted by molar-refractivity contribution is -0.122. The molecule has 0 aromatic carbocycles. The van der Waals surface area contributed by atoms with Gasteiger partial charge in [0.25, 0.3) is 0 Å². The topological polar surface area (TPSA) is 69.6 Å². The summed E-state index contributed by atoms with van der Waals surface area (Å²) in [5, 5.41) is 22.2. The van der Waals surface area contributed by atoms with Crippen LogP contribution in [0.5, 0.6) is 0 Å². The molecule has 0 saturated carbocycles. The third-order valence-corrected chi connectivity index (χ3v) is 5.02. The van der Waals surface area contributed by atoms with Crippen molar-refractivity contribution >= 4 is 5.91 Å². The van der Waals surface area contributed by atoms with Gasteiger partial charge in [-0.2, -0.15) is 0 Å². The molecule has 4 heteroatoms. The molecule has 0 heterocycles. The zero-order valence-corrected chi connectivity index (χ0v) is 17.9. The summed E-state index contributed by atoms with van der Waals surface area (Å²) < 4.78 is 0. The monoisotopic (exact) mass is 383 g/mol. The molecule has 2 unspecified atom stereocenters. The number of hydrogen-bond donors (Lipinski definition) is 3. The second-order valence-corrected chi connectivity index (χ2v) is 7.70. The third kappa shape index (κ3) is 17.0. The Morgan fingerprint density at radius 1 is 0.852 bits per heavy atom. The number of carbonyl (C=O) groups excluding carboxylic acids is 1. The Morgan fingerprint density at radius 3 is 1.89 bits per heavy atom. The van der Waals surface area contributed by atoms with Crippen LogP contribution in [-0.4, -0.2) is 34.9 Å². The molecule has 160 valence electrons. The molecule has 0 aromatic heterocycles. The number of aliphatic hydroxyl groups excluding tert-OH is 2. The Labute approximate surface area is 167 Å². The number of unbranched alkanes of at least 4 members (excludes halogenated alkanes) is 12. The summed E-state index contributed by atoms with van der Waals surface area (Å²) in [5.74, 6) is -0.103. The van der Waals surface area contributed by atoms with E-state index < -0.39 is 12.1 Å². The number of hydrogen-bond acceptors (Lipinski definition) is 3. The van der Waals surface area contributed by atoms with Crippen LogP contribution in [0, 0.1) is 0 Å². The number of aliphatic hydroxyl groups is 2. The van der Waals surface area contributed by atoms with Crippen molar-refractivity contribution in [3.05, 3.63) is 12.2 Å². The van der Waals surface area contributed by atoms with Crippen LogP contribution < -0.4 is 5.32 Å². The van der Waals surface area contributed by atoms with Crippen molar-refractivity contribution in [2.75, 3.05) is 6.61 Å². The first-order valence-corrected chi connectivity index (χ1v) is 11.4. The van der Waals surface area contributed by atoms with Crippen LogP contribution in [0.15, 0.2) is 12.2 Å². The summed E-state index contributed by atoms with van der Waals surface area (Å²) in [4.78, 5) is 11.7. The summed E-state index contributed by atoms with van der Waals surface area (Å²) in [7, 11) is 0. The van der Waals surface area contributed by atoms with Gasteiger partial charge in [-0.1, -0.05) is 96.6 Å². The molecule has 2 atom stereocenters. The molecule has 0 spiro atoms. The molecule has 0 rings (SSSR count). The van der Waals surface area contributed by atoms with Crippen molar-refractivity contribution < 1.29 is 15.0 Å². The van der Waals surface area contributed by atoms with Gasteiger partial charge in [-0.05, 0) is 19.3 Å². The smallest absolute Gasteiger partial charge is 0.220 e. The van der Waals surface area contributed by atoms with E-state index in [0.29, 0.717) is 6.42 Å². The van der Waals surface area contributed by atoms with Crippen molar-refractivity contribution in [3.8, 4) is 0 Å². The summed E-state index contributed by atoms with van der Waals surface area (Å²) in [6.07, 6.45) is 20.6. The van der Waals surface area contributed by atoms with Gasteiger partial charge < -0.3 is 15.5 Å². The van der Waals surface area contributed by atoms with Crippen molar-refractivity contribution in [1.29, 1.82) is 0 Å². The highest BCUT2D eigenvalue weighted by atomic mass is 16.3. The lowest BCUT2D eigenvalue weighted by atomic mass is 10.0. The van der Waals surface area contributed by atoms with Crippen molar-refractivity contribution in [2.24, 2.45) is 0 Å². The number of allylic oxidation sites excluding steroid dienone is 1. The molecule has 1 amide bonds. The number of amides is 1. The Kier molecular flexibility index (Phi) is 19.2. The predicted octanol–water partition coefficient (Wildman–Crippen LogP) is 5.27. The normalized spacial score (nSPS) is 13.8. The van der Waals surface area contributed by atoms with Gasteiger partial charge in [-0.25, -0.2) is 0 Å². The minimum atomic E-state index is -0.826. The van der Waals surface area contributed by atoms with Gasteiger partial charge in [0.05, 0.1) is 18.8 Å². The minimum absolute atomic E-state index is 0.103. The van der Waals surface area contributed by atoms with E-state index in [-0.39, 0.29) is 12.5 Å². The van der Waals surface area contributed by atoms with Gasteiger partial charge in [-0.3, -0.25) is 4.79 Å². The van der Waals surface area contributed by atoms with Gasteiger partial charge in [0.15, 0.2) is 0 Å². The molecule has 0 saturated heterocycles. The van der Waals surface area contributed by atoms with E-state index >= 15 is 0 Å². The highest BCUT2D eigenvalue weighted by Gasteiger charge is 2.17. The largest absolute Gasteiger partial charge is 0.394 e. The highest BCUT2D eigenvalue weighted by Crippen LogP contribution is 2.12. The summed E-state index contributed by atoms with van der Waals surface area (Å²) in [6.45, 7) is 4.04. The van der Waals surface area contributed by atoms with E-state index in [9.17, 15) is 15.0 Å². The molecule has 0 bridgehead atoms. The SMILES string of the molecule is CCCCCCCCCCCCC/C=C/C(O)C(CO)NC(=O)CCCC. The average molecular weight is 384 g/mol. The Balaban J connectivity index is 3.63. The lowest BCUT2D eigenvalue weighted by Crippen LogP contribution is -2.45. The van der Waals surface area contributed by atoms with Gasteiger partial charge in [-0.15, -0.1) is 0 Å². The maximum Gasteiger partial charge on any atom is 0.220 e. The number of carbonyl (C=O) groups is 1. The van der Waals surface area contributed by atoms with Crippen LogP contribution in [0.3, 0.4) is 0 Å². The average Bonchev–Trinajstić information content (AvgIpc) is 2.67. The van der Waals surface area contributed by atoms with Crippen LogP contribution >= 0.6 is 0 Å². The molecule has 27 heavy (non-hydrogen) atoms. The Bertz CT molecular complexity index is 358. The van der Waals surface area contributed by atoms with Crippen LogP contribution in [0.2, 0.25) is 0 Å². The molecular formula is C23H45NO3. The van der Waals surface area contributed by atoms with Gasteiger partial charge >= 0.3 is 0 Å². The molecule has 4 nitrogen and oxygen atoms in total. The van der Waals surface area contributed by atoms with E-state index in [1.165, 1.54) is 64.2 Å². The molecule has 3 N–H and O–H groups in total. The van der Waals surface area contributed by atoms with E-state index in [2.05, 4.69) is 12.2 Å². The number of nitrogens with one attached hydrogen (secondary N) is 1. The first kappa shape index (κ1) is 26.1. The summed E-state index contributed by atoms with van der Waals surface area (Å²) >= 11 is 0. The molecule has 0 aliphatic rings. The van der Waals surface area contributed by atoms with Crippen molar-refractivity contribution in [2.45, 2.75) is 122 Å². The van der Waals surface area contributed by atoms with Gasteiger partial charge in [0, 0.05) is 6.42 Å². The molecule has 0 fully saturated rings. The Hall–Kier alpha value is -0.870. The third-order valence-electron chi connectivity index (χ3n) is 5.02. The van der Waals surface area contributed by atoms with Crippen LogP contribution in [-0.2, 0) is 4.79 Å². The molecular weight excluding hydrogens is 338 g/mol. The summed E-state index contributed by atoms with van der Waals surface area (Å²) in [6, 6.07) is -0.608. The maximum absolute atomic E-state index is 11.7. The van der Waals surface area contributed by atoms with Crippen molar-refractivity contribution in [3.63, 3.8) is 0 Å². The zero-order chi connectivity index (χ0) is 20.2. The first-order valence-electron chi connectivity index (χ1n) is 11.4. The van der Waals surface area contributed by atoms with E-state index in [1.807, 2.05) is 13.0 Å². The van der Waals surface area contributed by atoms with E-state index in [0.717, 1.165) is 25.7 Å². The highest BCUT2D eigenvalue weighted by molar-refractivity contribution is 5.76. The van der Waals surface area contributed by atoms with Crippen LogP contribution in [0.1, 0.15) is 110 Å². The Morgan fingerprint density at radius 2 is 1.37 bits per heavy atom. The number of rotatable bonds is 19. The zero-order valence-electron chi connectivity index (χ0n) is 17.9.